The number of carbonyl (C=O) groups is 2. The topological polar surface area (TPSA) is 43.4 Å². The molecule has 3 nitrogen and oxygen atoms in total. The van der Waals surface area contributed by atoms with Crippen molar-refractivity contribution in [2.45, 2.75) is 93.1 Å². The van der Waals surface area contributed by atoms with E-state index >= 15 is 0 Å². The molecular weight excluding hydrogens is 396 g/mol. The zero-order valence-electron chi connectivity index (χ0n) is 21.2. The Bertz CT molecular complexity index is 901. The van der Waals surface area contributed by atoms with Gasteiger partial charge in [-0.15, -0.1) is 0 Å². The zero-order valence-corrected chi connectivity index (χ0v) is 21.2. The van der Waals surface area contributed by atoms with E-state index in [0.29, 0.717) is 17.6 Å². The van der Waals surface area contributed by atoms with Gasteiger partial charge in [-0.25, -0.2) is 0 Å². The summed E-state index contributed by atoms with van der Waals surface area (Å²) in [6.07, 6.45) is 10.6. The predicted molar refractivity (Wildman–Crippen MR) is 127 cm³/mol. The lowest BCUT2D eigenvalue weighted by atomic mass is 9.60. The average molecular weight is 439 g/mol. The van der Waals surface area contributed by atoms with Crippen LogP contribution >= 0.6 is 0 Å². The van der Waals surface area contributed by atoms with Gasteiger partial charge in [-0.2, -0.15) is 0 Å². The van der Waals surface area contributed by atoms with E-state index in [-0.39, 0.29) is 46.6 Å². The third-order valence-corrected chi connectivity index (χ3v) is 10.9. The minimum Gasteiger partial charge on any atom is -0.457 e. The number of ether oxygens (including phenoxy) is 1. The molecule has 0 aromatic rings. The molecule has 0 unspecified atom stereocenters. The van der Waals surface area contributed by atoms with Crippen LogP contribution in [-0.4, -0.2) is 17.9 Å². The third-order valence-electron chi connectivity index (χ3n) is 10.9. The molecule has 176 valence electrons. The Morgan fingerprint density at radius 2 is 1.66 bits per heavy atom. The number of ketones is 1. The molecule has 2 bridgehead atoms. The zero-order chi connectivity index (χ0) is 23.2. The van der Waals surface area contributed by atoms with Crippen molar-refractivity contribution in [2.75, 3.05) is 0 Å². The minimum atomic E-state index is -0.510. The summed E-state index contributed by atoms with van der Waals surface area (Å²) in [5.41, 5.74) is 1.76. The Kier molecular flexibility index (Phi) is 4.95. The largest absolute Gasteiger partial charge is 0.457 e. The summed E-state index contributed by atoms with van der Waals surface area (Å²) < 4.78 is 6.43. The number of hydrogen-bond donors (Lipinski definition) is 0. The van der Waals surface area contributed by atoms with Crippen molar-refractivity contribution in [1.29, 1.82) is 0 Å². The van der Waals surface area contributed by atoms with Crippen molar-refractivity contribution >= 4 is 11.8 Å². The standard InChI is InChI=1S/C29H42O3/c1-16-13-20-23-21(27(23,5)6)14-18(3)29(25(20)30)15-17(2)24(22(29)19(16)4)32-26(31)28(7)11-9-8-10-12-28/h13,15,18-24H,8-12,14H2,1-7H3/t18-,19-,20+,21-,22-,23+,24+,29-/m1/s1. The van der Waals surface area contributed by atoms with E-state index in [1.54, 1.807) is 0 Å². The lowest BCUT2D eigenvalue weighted by Gasteiger charge is -2.43. The molecule has 5 rings (SSSR count). The summed E-state index contributed by atoms with van der Waals surface area (Å²) >= 11 is 0. The highest BCUT2D eigenvalue weighted by Crippen LogP contribution is 2.71. The van der Waals surface area contributed by atoms with Crippen LogP contribution in [0.4, 0.5) is 0 Å². The molecule has 0 aromatic carbocycles. The lowest BCUT2D eigenvalue weighted by Crippen LogP contribution is -2.49. The second-order valence-electron chi connectivity index (χ2n) is 13.0. The molecule has 0 saturated heterocycles. The van der Waals surface area contributed by atoms with Gasteiger partial charge < -0.3 is 4.74 Å². The highest BCUT2D eigenvalue weighted by Gasteiger charge is 2.70. The fourth-order valence-electron chi connectivity index (χ4n) is 8.55. The van der Waals surface area contributed by atoms with Gasteiger partial charge in [-0.05, 0) is 74.7 Å². The summed E-state index contributed by atoms with van der Waals surface area (Å²) in [6.45, 7) is 15.6. The Hall–Kier alpha value is -1.38. The molecule has 3 saturated carbocycles. The summed E-state index contributed by atoms with van der Waals surface area (Å²) in [6, 6.07) is 0. The summed E-state index contributed by atoms with van der Waals surface area (Å²) in [4.78, 5) is 27.9. The van der Waals surface area contributed by atoms with Gasteiger partial charge in [0.2, 0.25) is 0 Å². The quantitative estimate of drug-likeness (QED) is 0.364. The molecule has 5 aliphatic rings. The van der Waals surface area contributed by atoms with E-state index in [4.69, 9.17) is 4.74 Å². The predicted octanol–water partition coefficient (Wildman–Crippen LogP) is 6.52. The van der Waals surface area contributed by atoms with Crippen LogP contribution in [0.5, 0.6) is 0 Å². The van der Waals surface area contributed by atoms with E-state index < -0.39 is 5.41 Å². The SMILES string of the molecule is CC1=C[C@@H]2C(=O)[C@]3(C=C(C)[C@H](OC(=O)C4(C)CCCCC4)[C@H]3[C@@H]1C)[C@H](C)C[C@@H]1[C@H]2C1(C)C. The Morgan fingerprint density at radius 1 is 1.00 bits per heavy atom. The smallest absolute Gasteiger partial charge is 0.312 e. The van der Waals surface area contributed by atoms with E-state index in [0.717, 1.165) is 37.7 Å². The van der Waals surface area contributed by atoms with Gasteiger partial charge in [0.25, 0.3) is 0 Å². The number of rotatable bonds is 2. The van der Waals surface area contributed by atoms with Gasteiger partial charge >= 0.3 is 5.97 Å². The van der Waals surface area contributed by atoms with Crippen LogP contribution in [0.25, 0.3) is 0 Å². The molecule has 0 amide bonds. The third kappa shape index (κ3) is 2.84. The van der Waals surface area contributed by atoms with Gasteiger partial charge in [0.1, 0.15) is 6.10 Å². The van der Waals surface area contributed by atoms with Gasteiger partial charge in [-0.1, -0.05) is 64.7 Å². The second-order valence-corrected chi connectivity index (χ2v) is 13.0. The van der Waals surface area contributed by atoms with Gasteiger partial charge in [0.05, 0.1) is 10.8 Å². The second kappa shape index (κ2) is 7.06. The summed E-state index contributed by atoms with van der Waals surface area (Å²) in [5, 5.41) is 0. The molecule has 0 radical (unpaired) electrons. The van der Waals surface area contributed by atoms with Crippen molar-refractivity contribution in [3.8, 4) is 0 Å². The fraction of sp³-hybridized carbons (Fsp3) is 0.793. The molecule has 0 aromatic heterocycles. The number of fused-ring (bicyclic) bond motifs is 3. The van der Waals surface area contributed by atoms with Crippen molar-refractivity contribution in [2.24, 2.45) is 51.8 Å². The van der Waals surface area contributed by atoms with Crippen molar-refractivity contribution < 1.29 is 14.3 Å². The van der Waals surface area contributed by atoms with Crippen LogP contribution < -0.4 is 0 Å². The molecule has 32 heavy (non-hydrogen) atoms. The molecule has 0 N–H and O–H groups in total. The minimum absolute atomic E-state index is 0.00163. The van der Waals surface area contributed by atoms with Crippen molar-refractivity contribution in [1.82, 2.24) is 0 Å². The number of esters is 1. The molecule has 3 fully saturated rings. The molecule has 8 atom stereocenters. The molecule has 5 aliphatic carbocycles. The van der Waals surface area contributed by atoms with Crippen LogP contribution in [0.3, 0.4) is 0 Å². The molecule has 0 heterocycles. The molecule has 0 aliphatic heterocycles. The first-order chi connectivity index (χ1) is 14.9. The first-order valence-electron chi connectivity index (χ1n) is 13.1. The van der Waals surface area contributed by atoms with E-state index in [1.165, 1.54) is 12.0 Å². The number of carbonyl (C=O) groups excluding carboxylic acids is 2. The van der Waals surface area contributed by atoms with Crippen LogP contribution in [0.2, 0.25) is 0 Å². The Balaban J connectivity index is 1.54. The number of allylic oxidation sites excluding steroid dienone is 3. The van der Waals surface area contributed by atoms with E-state index in [2.05, 4.69) is 60.6 Å². The van der Waals surface area contributed by atoms with Crippen LogP contribution in [-0.2, 0) is 14.3 Å². The average Bonchev–Trinajstić information content (AvgIpc) is 3.18. The maximum atomic E-state index is 14.4. The summed E-state index contributed by atoms with van der Waals surface area (Å²) in [7, 11) is 0. The number of hydrogen-bond acceptors (Lipinski definition) is 3. The van der Waals surface area contributed by atoms with Crippen molar-refractivity contribution in [3.05, 3.63) is 23.3 Å². The normalized spacial score (nSPS) is 46.1. The molecular formula is C29H42O3. The Morgan fingerprint density at radius 3 is 2.31 bits per heavy atom. The fourth-order valence-corrected chi connectivity index (χ4v) is 8.55. The van der Waals surface area contributed by atoms with Crippen LogP contribution in [0.15, 0.2) is 23.3 Å². The lowest BCUT2D eigenvalue weighted by molar-refractivity contribution is -0.167. The Labute approximate surface area is 194 Å². The van der Waals surface area contributed by atoms with Gasteiger partial charge in [0, 0.05) is 11.8 Å². The van der Waals surface area contributed by atoms with Gasteiger partial charge in [0.15, 0.2) is 5.78 Å². The summed E-state index contributed by atoms with van der Waals surface area (Å²) in [5.74, 6) is 1.93. The molecule has 1 spiro atoms. The number of Topliss-reactive ketones (excluding diaryl/α,β-unsaturated/α-hetero) is 1. The van der Waals surface area contributed by atoms with E-state index in [9.17, 15) is 9.59 Å². The first-order valence-corrected chi connectivity index (χ1v) is 13.1. The van der Waals surface area contributed by atoms with Gasteiger partial charge in [-0.3, -0.25) is 9.59 Å². The highest BCUT2D eigenvalue weighted by atomic mass is 16.5. The van der Waals surface area contributed by atoms with Crippen molar-refractivity contribution in [3.63, 3.8) is 0 Å². The van der Waals surface area contributed by atoms with Crippen LogP contribution in [0, 0.1) is 51.8 Å². The maximum Gasteiger partial charge on any atom is 0.312 e. The molecule has 3 heteroatoms. The maximum absolute atomic E-state index is 14.4. The van der Waals surface area contributed by atoms with E-state index in [1.807, 2.05) is 0 Å². The van der Waals surface area contributed by atoms with Crippen LogP contribution in [0.1, 0.15) is 87.0 Å². The monoisotopic (exact) mass is 438 g/mol. The first kappa shape index (κ1) is 22.4. The highest BCUT2D eigenvalue weighted by molar-refractivity contribution is 5.94.